The van der Waals surface area contributed by atoms with Crippen LogP contribution in [0, 0.1) is 5.41 Å². The van der Waals surface area contributed by atoms with E-state index in [1.54, 1.807) is 48.5 Å². The summed E-state index contributed by atoms with van der Waals surface area (Å²) in [6.07, 6.45) is 0.871. The molecule has 1 N–H and O–H groups in total. The molecule has 0 saturated heterocycles. The molecule has 31 heavy (non-hydrogen) atoms. The van der Waals surface area contributed by atoms with Gasteiger partial charge in [-0.15, -0.1) is 0 Å². The van der Waals surface area contributed by atoms with Gasteiger partial charge in [0.25, 0.3) is 11.5 Å². The Morgan fingerprint density at radius 1 is 0.968 bits per heavy atom. The lowest BCUT2D eigenvalue weighted by atomic mass is 9.75. The van der Waals surface area contributed by atoms with Gasteiger partial charge in [0.05, 0.1) is 0 Å². The molecule has 0 radical (unpaired) electrons. The minimum atomic E-state index is -0.601. The van der Waals surface area contributed by atoms with Crippen LogP contribution in [0.4, 0.5) is 5.69 Å². The molecular weight excluding hydrogens is 435 g/mol. The Morgan fingerprint density at radius 3 is 2.35 bits per heavy atom. The molecule has 0 unspecified atom stereocenters. The summed E-state index contributed by atoms with van der Waals surface area (Å²) in [6.45, 7) is 3.98. The zero-order chi connectivity index (χ0) is 22.3. The number of aromatic nitrogens is 1. The summed E-state index contributed by atoms with van der Waals surface area (Å²) in [7, 11) is 0. The lowest BCUT2D eigenvalue weighted by Gasteiger charge is -2.32. The number of carbonyl (C=O) groups excluding carboxylic acids is 2. The third kappa shape index (κ3) is 4.29. The maximum atomic E-state index is 13.5. The van der Waals surface area contributed by atoms with Crippen LogP contribution in [0.1, 0.15) is 46.7 Å². The molecule has 0 bridgehead atoms. The zero-order valence-corrected chi connectivity index (χ0v) is 18.6. The van der Waals surface area contributed by atoms with Gasteiger partial charge in [-0.3, -0.25) is 19.0 Å². The summed E-state index contributed by atoms with van der Waals surface area (Å²) in [5.41, 5.74) is 1.11. The van der Waals surface area contributed by atoms with Gasteiger partial charge < -0.3 is 5.32 Å². The molecule has 0 saturated carbocycles. The van der Waals surface area contributed by atoms with Gasteiger partial charge in [0.2, 0.25) is 0 Å². The third-order valence-electron chi connectivity index (χ3n) is 5.30. The third-order valence-corrected chi connectivity index (χ3v) is 5.79. The summed E-state index contributed by atoms with van der Waals surface area (Å²) in [5.74, 6) is -0.693. The van der Waals surface area contributed by atoms with Crippen molar-refractivity contribution in [2.75, 3.05) is 5.32 Å². The highest BCUT2D eigenvalue weighted by Gasteiger charge is 2.35. The summed E-state index contributed by atoms with van der Waals surface area (Å²) in [6, 6.07) is 14.8. The largest absolute Gasteiger partial charge is 0.322 e. The first kappa shape index (κ1) is 21.3. The molecule has 1 aromatic heterocycles. The van der Waals surface area contributed by atoms with Gasteiger partial charge in [-0.25, -0.2) is 0 Å². The number of amides is 1. The molecular formula is C24H20Cl2N2O3. The van der Waals surface area contributed by atoms with Crippen molar-refractivity contribution < 1.29 is 9.59 Å². The Morgan fingerprint density at radius 2 is 1.68 bits per heavy atom. The number of Topliss-reactive ketones (excluding diaryl/α,β-unsaturated/α-hetero) is 1. The minimum Gasteiger partial charge on any atom is -0.322 e. The molecule has 5 nitrogen and oxygen atoms in total. The molecule has 1 amide bonds. The number of nitrogens with one attached hydrogen (secondary N) is 1. The number of hydrogen-bond donors (Lipinski definition) is 1. The normalized spacial score (nSPS) is 14.8. The summed E-state index contributed by atoms with van der Waals surface area (Å²) in [4.78, 5) is 39.4. The first-order valence-electron chi connectivity index (χ1n) is 9.80. The van der Waals surface area contributed by atoms with Crippen LogP contribution in [0.15, 0.2) is 59.4 Å². The summed E-state index contributed by atoms with van der Waals surface area (Å²) in [5, 5.41) is 3.68. The van der Waals surface area contributed by atoms with Crippen LogP contribution in [0.2, 0.25) is 10.0 Å². The molecule has 0 aliphatic heterocycles. The van der Waals surface area contributed by atoms with Gasteiger partial charge >= 0.3 is 0 Å². The van der Waals surface area contributed by atoms with Crippen LogP contribution in [0.3, 0.4) is 0 Å². The highest BCUT2D eigenvalue weighted by molar-refractivity contribution is 6.31. The highest BCUT2D eigenvalue weighted by Crippen LogP contribution is 2.35. The maximum absolute atomic E-state index is 13.5. The number of rotatable bonds is 3. The Kier molecular flexibility index (Phi) is 5.50. The van der Waals surface area contributed by atoms with E-state index in [0.29, 0.717) is 45.5 Å². The molecule has 158 valence electrons. The van der Waals surface area contributed by atoms with Crippen LogP contribution in [0.25, 0.3) is 5.69 Å². The second-order valence-electron chi connectivity index (χ2n) is 8.44. The number of anilines is 1. The van der Waals surface area contributed by atoms with E-state index in [2.05, 4.69) is 5.32 Å². The van der Waals surface area contributed by atoms with Crippen LogP contribution < -0.4 is 10.9 Å². The van der Waals surface area contributed by atoms with Crippen molar-refractivity contribution >= 4 is 40.6 Å². The molecule has 2 aromatic carbocycles. The Bertz CT molecular complexity index is 1260. The second kappa shape index (κ2) is 7.98. The van der Waals surface area contributed by atoms with Crippen LogP contribution >= 0.6 is 23.2 Å². The van der Waals surface area contributed by atoms with Crippen molar-refractivity contribution in [2.45, 2.75) is 26.7 Å². The molecule has 1 heterocycles. The monoisotopic (exact) mass is 454 g/mol. The van der Waals surface area contributed by atoms with Gasteiger partial charge in [0, 0.05) is 39.1 Å². The van der Waals surface area contributed by atoms with Gasteiger partial charge in [-0.2, -0.15) is 0 Å². The average molecular weight is 455 g/mol. The summed E-state index contributed by atoms with van der Waals surface area (Å²) >= 11 is 12.0. The number of halogens is 2. The van der Waals surface area contributed by atoms with E-state index in [1.165, 1.54) is 10.6 Å². The van der Waals surface area contributed by atoms with Gasteiger partial charge in [0.15, 0.2) is 5.78 Å². The zero-order valence-electron chi connectivity index (χ0n) is 17.0. The van der Waals surface area contributed by atoms with Crippen LogP contribution in [-0.2, 0) is 6.42 Å². The number of nitrogens with zero attached hydrogens (tertiary/aromatic N) is 1. The van der Waals surface area contributed by atoms with E-state index in [-0.39, 0.29) is 16.8 Å². The lowest BCUT2D eigenvalue weighted by Crippen LogP contribution is -2.37. The Hall–Kier alpha value is -2.89. The van der Waals surface area contributed by atoms with E-state index in [1.807, 2.05) is 13.8 Å². The Labute approximate surface area is 189 Å². The van der Waals surface area contributed by atoms with Crippen molar-refractivity contribution in [2.24, 2.45) is 5.41 Å². The first-order valence-corrected chi connectivity index (χ1v) is 10.6. The van der Waals surface area contributed by atoms with Crippen molar-refractivity contribution in [3.8, 4) is 5.69 Å². The molecule has 1 aliphatic carbocycles. The SMILES string of the molecule is CC1(C)CC(=O)c2cc(C(=O)Nc3cccc(Cl)c3)c(=O)n(-c3ccc(Cl)cc3)c2C1. The fourth-order valence-electron chi connectivity index (χ4n) is 3.90. The van der Waals surface area contributed by atoms with E-state index in [9.17, 15) is 14.4 Å². The van der Waals surface area contributed by atoms with Crippen LogP contribution in [-0.4, -0.2) is 16.3 Å². The predicted octanol–water partition coefficient (Wildman–Crippen LogP) is 5.55. The maximum Gasteiger partial charge on any atom is 0.268 e. The first-order chi connectivity index (χ1) is 14.6. The molecule has 4 rings (SSSR count). The predicted molar refractivity (Wildman–Crippen MR) is 123 cm³/mol. The van der Waals surface area contributed by atoms with Crippen molar-refractivity contribution in [3.63, 3.8) is 0 Å². The fraction of sp³-hybridized carbons (Fsp3) is 0.208. The topological polar surface area (TPSA) is 68.2 Å². The van der Waals surface area contributed by atoms with Gasteiger partial charge in [-0.1, -0.05) is 43.1 Å². The molecule has 1 aliphatic rings. The van der Waals surface area contributed by atoms with Crippen LogP contribution in [0.5, 0.6) is 0 Å². The molecule has 7 heteroatoms. The quantitative estimate of drug-likeness (QED) is 0.563. The number of fused-ring (bicyclic) bond motifs is 1. The van der Waals surface area contributed by atoms with Crippen molar-refractivity contribution in [1.29, 1.82) is 0 Å². The smallest absolute Gasteiger partial charge is 0.268 e. The molecule has 3 aromatic rings. The molecule has 0 spiro atoms. The van der Waals surface area contributed by atoms with Gasteiger partial charge in [0.1, 0.15) is 5.56 Å². The number of carbonyl (C=O) groups is 2. The highest BCUT2D eigenvalue weighted by atomic mass is 35.5. The lowest BCUT2D eigenvalue weighted by molar-refractivity contribution is 0.0909. The number of ketones is 1. The summed E-state index contributed by atoms with van der Waals surface area (Å²) < 4.78 is 1.46. The van der Waals surface area contributed by atoms with E-state index in [4.69, 9.17) is 23.2 Å². The van der Waals surface area contributed by atoms with Gasteiger partial charge in [-0.05, 0) is 60.4 Å². The molecule has 0 atom stereocenters. The average Bonchev–Trinajstić information content (AvgIpc) is 2.68. The van der Waals surface area contributed by atoms with Crippen molar-refractivity contribution in [3.05, 3.63) is 91.8 Å². The van der Waals surface area contributed by atoms with Crippen molar-refractivity contribution in [1.82, 2.24) is 4.57 Å². The van der Waals surface area contributed by atoms with E-state index < -0.39 is 11.5 Å². The second-order valence-corrected chi connectivity index (χ2v) is 9.31. The number of hydrogen-bond acceptors (Lipinski definition) is 3. The number of benzene rings is 2. The van der Waals surface area contributed by atoms with E-state index >= 15 is 0 Å². The fourth-order valence-corrected chi connectivity index (χ4v) is 4.22. The number of pyridine rings is 1. The molecule has 0 fully saturated rings. The minimum absolute atomic E-state index is 0.0919. The van der Waals surface area contributed by atoms with E-state index in [0.717, 1.165) is 0 Å². The Balaban J connectivity index is 1.90. The standard InChI is InChI=1S/C24H20Cl2N2O3/c1-24(2)12-20-18(21(29)13-24)11-19(22(30)27-16-5-3-4-15(26)10-16)23(31)28(20)17-8-6-14(25)7-9-17/h3-11H,12-13H2,1-2H3,(H,27,30).